The number of nitrogens with one attached hydrogen (secondary N) is 2. The van der Waals surface area contributed by atoms with Crippen LogP contribution in [0.2, 0.25) is 0 Å². The van der Waals surface area contributed by atoms with Gasteiger partial charge in [0.25, 0.3) is 5.91 Å². The molecule has 152 valence electrons. The molecule has 0 atom stereocenters. The second-order valence-electron chi connectivity index (χ2n) is 7.25. The van der Waals surface area contributed by atoms with Gasteiger partial charge in [-0.15, -0.1) is 0 Å². The largest absolute Gasteiger partial charge is 0.368 e. The molecule has 0 saturated carbocycles. The fourth-order valence-corrected chi connectivity index (χ4v) is 3.42. The van der Waals surface area contributed by atoms with Crippen LogP contribution >= 0.6 is 0 Å². The molecule has 0 aliphatic rings. The number of fused-ring (bicyclic) bond motifs is 1. The molecule has 2 aromatic heterocycles. The van der Waals surface area contributed by atoms with Crippen LogP contribution in [0.4, 0.5) is 5.82 Å². The number of rotatable bonds is 6. The quantitative estimate of drug-likeness (QED) is 0.483. The number of hydrogen-bond acceptors (Lipinski definition) is 5. The van der Waals surface area contributed by atoms with Gasteiger partial charge in [0.1, 0.15) is 11.6 Å². The summed E-state index contributed by atoms with van der Waals surface area (Å²) in [7, 11) is 0. The van der Waals surface area contributed by atoms with Crippen molar-refractivity contribution in [3.05, 3.63) is 77.2 Å². The first-order chi connectivity index (χ1) is 14.5. The SMILES string of the molecule is Cc1ccc(-n2ncc3c(NCCNC(=O)c4ccccc4)nc(C)nc32)c(C)c1. The van der Waals surface area contributed by atoms with Gasteiger partial charge < -0.3 is 10.6 Å². The highest BCUT2D eigenvalue weighted by Crippen LogP contribution is 2.24. The number of carbonyl (C=O) groups excluding carboxylic acids is 1. The Morgan fingerprint density at radius 1 is 1.00 bits per heavy atom. The van der Waals surface area contributed by atoms with Crippen molar-refractivity contribution in [1.29, 1.82) is 0 Å². The number of hydrogen-bond donors (Lipinski definition) is 2. The van der Waals surface area contributed by atoms with Gasteiger partial charge in [0.05, 0.1) is 17.3 Å². The maximum atomic E-state index is 12.2. The second-order valence-corrected chi connectivity index (χ2v) is 7.25. The molecule has 2 N–H and O–H groups in total. The van der Waals surface area contributed by atoms with Crippen LogP contribution in [0.25, 0.3) is 16.7 Å². The van der Waals surface area contributed by atoms with E-state index in [2.05, 4.69) is 57.7 Å². The predicted molar refractivity (Wildman–Crippen MR) is 118 cm³/mol. The maximum absolute atomic E-state index is 12.2. The number of amides is 1. The lowest BCUT2D eigenvalue weighted by Gasteiger charge is -2.10. The summed E-state index contributed by atoms with van der Waals surface area (Å²) in [5.74, 6) is 1.27. The van der Waals surface area contributed by atoms with Crippen molar-refractivity contribution in [1.82, 2.24) is 25.1 Å². The first-order valence-electron chi connectivity index (χ1n) is 9.90. The molecule has 0 spiro atoms. The van der Waals surface area contributed by atoms with E-state index >= 15 is 0 Å². The van der Waals surface area contributed by atoms with Crippen molar-refractivity contribution >= 4 is 22.8 Å². The Bertz CT molecular complexity index is 1200. The first-order valence-corrected chi connectivity index (χ1v) is 9.90. The van der Waals surface area contributed by atoms with E-state index < -0.39 is 0 Å². The summed E-state index contributed by atoms with van der Waals surface area (Å²) in [6, 6.07) is 15.4. The summed E-state index contributed by atoms with van der Waals surface area (Å²) < 4.78 is 1.85. The summed E-state index contributed by atoms with van der Waals surface area (Å²) in [5, 5.41) is 11.6. The molecular weight excluding hydrogens is 376 g/mol. The topological polar surface area (TPSA) is 84.7 Å². The molecular formula is C23H24N6O. The fourth-order valence-electron chi connectivity index (χ4n) is 3.42. The highest BCUT2D eigenvalue weighted by atomic mass is 16.1. The molecule has 0 aliphatic heterocycles. The van der Waals surface area contributed by atoms with Gasteiger partial charge in [0, 0.05) is 18.7 Å². The Morgan fingerprint density at radius 2 is 1.80 bits per heavy atom. The average molecular weight is 400 g/mol. The lowest BCUT2D eigenvalue weighted by Crippen LogP contribution is -2.28. The zero-order valence-corrected chi connectivity index (χ0v) is 17.3. The van der Waals surface area contributed by atoms with Gasteiger partial charge >= 0.3 is 0 Å². The maximum Gasteiger partial charge on any atom is 0.251 e. The summed E-state index contributed by atoms with van der Waals surface area (Å²) in [6.45, 7) is 7.02. The van der Waals surface area contributed by atoms with E-state index in [-0.39, 0.29) is 5.91 Å². The third-order valence-electron chi connectivity index (χ3n) is 4.86. The molecule has 0 bridgehead atoms. The van der Waals surface area contributed by atoms with Crippen molar-refractivity contribution in [2.75, 3.05) is 18.4 Å². The number of aromatic nitrogens is 4. The Kier molecular flexibility index (Phi) is 5.43. The van der Waals surface area contributed by atoms with Crippen LogP contribution in [0.15, 0.2) is 54.7 Å². The molecule has 4 aromatic rings. The molecule has 7 nitrogen and oxygen atoms in total. The highest BCUT2D eigenvalue weighted by Gasteiger charge is 2.14. The van der Waals surface area contributed by atoms with Gasteiger partial charge in [0.15, 0.2) is 5.65 Å². The average Bonchev–Trinajstić information content (AvgIpc) is 3.15. The molecule has 1 amide bonds. The van der Waals surface area contributed by atoms with E-state index in [9.17, 15) is 4.79 Å². The van der Waals surface area contributed by atoms with Crippen molar-refractivity contribution < 1.29 is 4.79 Å². The summed E-state index contributed by atoms with van der Waals surface area (Å²) in [5.41, 5.74) is 4.74. The predicted octanol–water partition coefficient (Wildman–Crippen LogP) is 3.58. The lowest BCUT2D eigenvalue weighted by molar-refractivity contribution is 0.0955. The number of benzene rings is 2. The third kappa shape index (κ3) is 4.00. The molecule has 0 aliphatic carbocycles. The number of aryl methyl sites for hydroxylation is 3. The van der Waals surface area contributed by atoms with E-state index in [0.717, 1.165) is 22.3 Å². The van der Waals surface area contributed by atoms with Gasteiger partial charge in [-0.3, -0.25) is 4.79 Å². The minimum Gasteiger partial charge on any atom is -0.368 e. The van der Waals surface area contributed by atoms with Crippen molar-refractivity contribution in [3.8, 4) is 5.69 Å². The zero-order valence-electron chi connectivity index (χ0n) is 17.3. The van der Waals surface area contributed by atoms with Crippen LogP contribution in [0.3, 0.4) is 0 Å². The van der Waals surface area contributed by atoms with E-state index in [1.165, 1.54) is 5.56 Å². The van der Waals surface area contributed by atoms with Crippen LogP contribution < -0.4 is 10.6 Å². The molecule has 30 heavy (non-hydrogen) atoms. The Morgan fingerprint density at radius 3 is 2.57 bits per heavy atom. The van der Waals surface area contributed by atoms with Crippen molar-refractivity contribution in [2.45, 2.75) is 20.8 Å². The number of anilines is 1. The van der Waals surface area contributed by atoms with Gasteiger partial charge in [-0.05, 0) is 44.5 Å². The van der Waals surface area contributed by atoms with Crippen LogP contribution in [-0.4, -0.2) is 38.7 Å². The molecule has 7 heteroatoms. The third-order valence-corrected chi connectivity index (χ3v) is 4.86. The monoisotopic (exact) mass is 400 g/mol. The zero-order chi connectivity index (χ0) is 21.1. The lowest BCUT2D eigenvalue weighted by atomic mass is 10.1. The molecule has 0 radical (unpaired) electrons. The van der Waals surface area contributed by atoms with E-state index in [1.54, 1.807) is 18.3 Å². The van der Waals surface area contributed by atoms with E-state index in [4.69, 9.17) is 0 Å². The molecule has 4 rings (SSSR count). The minimum atomic E-state index is -0.0934. The smallest absolute Gasteiger partial charge is 0.251 e. The van der Waals surface area contributed by atoms with E-state index in [0.29, 0.717) is 30.3 Å². The van der Waals surface area contributed by atoms with Gasteiger partial charge in [0.2, 0.25) is 0 Å². The fraction of sp³-hybridized carbons (Fsp3) is 0.217. The molecule has 0 fully saturated rings. The van der Waals surface area contributed by atoms with E-state index in [1.807, 2.05) is 29.8 Å². The number of carbonyl (C=O) groups is 1. The van der Waals surface area contributed by atoms with Crippen LogP contribution in [0.1, 0.15) is 27.3 Å². The second kappa shape index (κ2) is 8.32. The van der Waals surface area contributed by atoms with Crippen LogP contribution in [0, 0.1) is 20.8 Å². The summed E-state index contributed by atoms with van der Waals surface area (Å²) in [4.78, 5) is 21.3. The van der Waals surface area contributed by atoms with Crippen molar-refractivity contribution in [2.24, 2.45) is 0 Å². The van der Waals surface area contributed by atoms with Crippen LogP contribution in [-0.2, 0) is 0 Å². The van der Waals surface area contributed by atoms with Crippen molar-refractivity contribution in [3.63, 3.8) is 0 Å². The number of nitrogens with zero attached hydrogens (tertiary/aromatic N) is 4. The molecule has 0 saturated heterocycles. The Labute approximate surface area is 175 Å². The molecule has 2 heterocycles. The van der Waals surface area contributed by atoms with Crippen LogP contribution in [0.5, 0.6) is 0 Å². The summed E-state index contributed by atoms with van der Waals surface area (Å²) >= 11 is 0. The Hall–Kier alpha value is -3.74. The minimum absolute atomic E-state index is 0.0934. The standard InChI is InChI=1S/C23H24N6O/c1-15-9-10-20(16(2)13-15)29-22-19(14-26-29)21(27-17(3)28-22)24-11-12-25-23(30)18-7-5-4-6-8-18/h4-10,13-14H,11-12H2,1-3H3,(H,25,30)(H,24,27,28). The Balaban J connectivity index is 1.51. The first kappa shape index (κ1) is 19.6. The normalized spacial score (nSPS) is 10.9. The van der Waals surface area contributed by atoms with Gasteiger partial charge in [-0.2, -0.15) is 5.10 Å². The van der Waals surface area contributed by atoms with Gasteiger partial charge in [-0.25, -0.2) is 14.6 Å². The highest BCUT2D eigenvalue weighted by molar-refractivity contribution is 5.94. The molecule has 2 aromatic carbocycles. The summed E-state index contributed by atoms with van der Waals surface area (Å²) in [6.07, 6.45) is 1.78. The molecule has 0 unspecified atom stereocenters. The van der Waals surface area contributed by atoms with Gasteiger partial charge in [-0.1, -0.05) is 35.9 Å².